The minimum Gasteiger partial charge on any atom is -0.493 e. The second kappa shape index (κ2) is 6.07. The van der Waals surface area contributed by atoms with Gasteiger partial charge in [-0.25, -0.2) is 0 Å². The van der Waals surface area contributed by atoms with E-state index >= 15 is 0 Å². The van der Waals surface area contributed by atoms with Crippen LogP contribution < -0.4 is 14.8 Å². The van der Waals surface area contributed by atoms with Crippen LogP contribution in [-0.4, -0.2) is 40.0 Å². The molecule has 1 heterocycles. The Morgan fingerprint density at radius 1 is 1.28 bits per heavy atom. The fourth-order valence-electron chi connectivity index (χ4n) is 2.24. The minimum atomic E-state index is 0.246. The fraction of sp³-hybridized carbons (Fsp3) is 0.571. The number of methoxy groups -OCH3 is 2. The van der Waals surface area contributed by atoms with Crippen molar-refractivity contribution in [3.63, 3.8) is 0 Å². The molecule has 0 aromatic heterocycles. The van der Waals surface area contributed by atoms with Crippen LogP contribution in [0.1, 0.15) is 11.1 Å². The number of morpholine rings is 1. The van der Waals surface area contributed by atoms with E-state index in [-0.39, 0.29) is 6.10 Å². The Balaban J connectivity index is 2.16. The Bertz CT molecular complexity index is 400. The summed E-state index contributed by atoms with van der Waals surface area (Å²) in [7, 11) is 3.32. The lowest BCUT2D eigenvalue weighted by Gasteiger charge is -2.24. The molecule has 4 heteroatoms. The molecule has 1 saturated heterocycles. The summed E-state index contributed by atoms with van der Waals surface area (Å²) in [5.74, 6) is 1.56. The van der Waals surface area contributed by atoms with Gasteiger partial charge >= 0.3 is 0 Å². The van der Waals surface area contributed by atoms with Gasteiger partial charge in [-0.05, 0) is 30.2 Å². The molecule has 1 aliphatic heterocycles. The second-order valence-electron chi connectivity index (χ2n) is 4.53. The molecule has 0 spiro atoms. The fourth-order valence-corrected chi connectivity index (χ4v) is 2.24. The molecule has 1 aliphatic rings. The molecule has 1 N–H and O–H groups in total. The van der Waals surface area contributed by atoms with Crippen molar-refractivity contribution in [3.8, 4) is 11.5 Å². The summed E-state index contributed by atoms with van der Waals surface area (Å²) in [5.41, 5.74) is 2.46. The van der Waals surface area contributed by atoms with E-state index in [1.54, 1.807) is 14.2 Å². The van der Waals surface area contributed by atoms with Crippen molar-refractivity contribution in [2.45, 2.75) is 19.4 Å². The van der Waals surface area contributed by atoms with Crippen LogP contribution in [0.25, 0.3) is 0 Å². The third-order valence-electron chi connectivity index (χ3n) is 3.29. The second-order valence-corrected chi connectivity index (χ2v) is 4.53. The van der Waals surface area contributed by atoms with Crippen molar-refractivity contribution in [2.24, 2.45) is 0 Å². The van der Waals surface area contributed by atoms with Crippen molar-refractivity contribution in [1.82, 2.24) is 5.32 Å². The predicted molar refractivity (Wildman–Crippen MR) is 70.6 cm³/mol. The van der Waals surface area contributed by atoms with Gasteiger partial charge < -0.3 is 19.5 Å². The first-order chi connectivity index (χ1) is 8.74. The summed E-state index contributed by atoms with van der Waals surface area (Å²) in [6, 6.07) is 4.07. The molecular formula is C14H21NO3. The molecule has 0 radical (unpaired) electrons. The topological polar surface area (TPSA) is 39.7 Å². The summed E-state index contributed by atoms with van der Waals surface area (Å²) < 4.78 is 16.4. The van der Waals surface area contributed by atoms with Crippen molar-refractivity contribution in [2.75, 3.05) is 33.9 Å². The first-order valence-electron chi connectivity index (χ1n) is 6.28. The first kappa shape index (κ1) is 13.2. The highest BCUT2D eigenvalue weighted by Crippen LogP contribution is 2.31. The summed E-state index contributed by atoms with van der Waals surface area (Å²) in [6.45, 7) is 4.74. The van der Waals surface area contributed by atoms with Gasteiger partial charge in [0.15, 0.2) is 11.5 Å². The van der Waals surface area contributed by atoms with Gasteiger partial charge in [0.1, 0.15) is 0 Å². The largest absolute Gasteiger partial charge is 0.493 e. The molecule has 2 rings (SSSR count). The maximum atomic E-state index is 5.73. The predicted octanol–water partition coefficient (Wildman–Crippen LogP) is 1.54. The van der Waals surface area contributed by atoms with Crippen molar-refractivity contribution in [1.29, 1.82) is 0 Å². The highest BCUT2D eigenvalue weighted by Gasteiger charge is 2.16. The van der Waals surface area contributed by atoms with Crippen LogP contribution in [0.2, 0.25) is 0 Å². The summed E-state index contributed by atoms with van der Waals surface area (Å²) >= 11 is 0. The Labute approximate surface area is 108 Å². The Kier molecular flexibility index (Phi) is 4.44. The van der Waals surface area contributed by atoms with E-state index in [9.17, 15) is 0 Å². The molecule has 1 atom stereocenters. The molecule has 0 bridgehead atoms. The normalized spacial score (nSPS) is 19.6. The van der Waals surface area contributed by atoms with Gasteiger partial charge in [-0.3, -0.25) is 0 Å². The maximum Gasteiger partial charge on any atom is 0.161 e. The van der Waals surface area contributed by atoms with Crippen LogP contribution >= 0.6 is 0 Å². The third-order valence-corrected chi connectivity index (χ3v) is 3.29. The minimum absolute atomic E-state index is 0.246. The lowest BCUT2D eigenvalue weighted by atomic mass is 10.0. The maximum absolute atomic E-state index is 5.73. The van der Waals surface area contributed by atoms with Gasteiger partial charge in [-0.1, -0.05) is 0 Å². The van der Waals surface area contributed by atoms with Gasteiger partial charge in [0.2, 0.25) is 0 Å². The van der Waals surface area contributed by atoms with Crippen molar-refractivity contribution >= 4 is 0 Å². The summed E-state index contributed by atoms with van der Waals surface area (Å²) in [4.78, 5) is 0. The van der Waals surface area contributed by atoms with Crippen molar-refractivity contribution in [3.05, 3.63) is 23.3 Å². The molecule has 4 nitrogen and oxygen atoms in total. The Morgan fingerprint density at radius 2 is 2.00 bits per heavy atom. The van der Waals surface area contributed by atoms with Crippen LogP contribution in [0.4, 0.5) is 0 Å². The molecule has 1 aromatic rings. The van der Waals surface area contributed by atoms with E-state index in [0.29, 0.717) is 0 Å². The quantitative estimate of drug-likeness (QED) is 0.881. The number of aryl methyl sites for hydroxylation is 1. The van der Waals surface area contributed by atoms with Crippen molar-refractivity contribution < 1.29 is 14.2 Å². The van der Waals surface area contributed by atoms with Crippen LogP contribution in [0.15, 0.2) is 12.1 Å². The summed E-state index contributed by atoms with van der Waals surface area (Å²) in [6.07, 6.45) is 1.15. The van der Waals surface area contributed by atoms with E-state index in [2.05, 4.69) is 12.2 Å². The zero-order valence-corrected chi connectivity index (χ0v) is 11.3. The van der Waals surface area contributed by atoms with Crippen LogP contribution in [0, 0.1) is 6.92 Å². The number of nitrogens with one attached hydrogen (secondary N) is 1. The SMILES string of the molecule is COc1cc(C)c(CC2CNCCO2)cc1OC. The highest BCUT2D eigenvalue weighted by atomic mass is 16.5. The van der Waals surface area contributed by atoms with Gasteiger partial charge in [0.25, 0.3) is 0 Å². The Morgan fingerprint density at radius 3 is 2.61 bits per heavy atom. The van der Waals surface area contributed by atoms with Gasteiger partial charge in [0.05, 0.1) is 26.9 Å². The highest BCUT2D eigenvalue weighted by molar-refractivity contribution is 5.47. The molecule has 0 aliphatic carbocycles. The average molecular weight is 251 g/mol. The van der Waals surface area contributed by atoms with Crippen LogP contribution in [-0.2, 0) is 11.2 Å². The Hall–Kier alpha value is -1.26. The smallest absolute Gasteiger partial charge is 0.161 e. The lowest BCUT2D eigenvalue weighted by molar-refractivity contribution is 0.0291. The van der Waals surface area contributed by atoms with E-state index in [0.717, 1.165) is 37.6 Å². The number of rotatable bonds is 4. The van der Waals surface area contributed by atoms with E-state index in [1.807, 2.05) is 12.1 Å². The summed E-state index contributed by atoms with van der Waals surface area (Å²) in [5, 5.41) is 3.34. The van der Waals surface area contributed by atoms with Crippen LogP contribution in [0.3, 0.4) is 0 Å². The monoisotopic (exact) mass is 251 g/mol. The number of benzene rings is 1. The molecule has 1 aromatic carbocycles. The lowest BCUT2D eigenvalue weighted by Crippen LogP contribution is -2.39. The van der Waals surface area contributed by atoms with E-state index in [4.69, 9.17) is 14.2 Å². The molecule has 0 saturated carbocycles. The van der Waals surface area contributed by atoms with E-state index in [1.165, 1.54) is 11.1 Å². The zero-order chi connectivity index (χ0) is 13.0. The number of hydrogen-bond acceptors (Lipinski definition) is 4. The molecule has 1 unspecified atom stereocenters. The van der Waals surface area contributed by atoms with E-state index < -0.39 is 0 Å². The molecule has 0 amide bonds. The van der Waals surface area contributed by atoms with Gasteiger partial charge in [-0.15, -0.1) is 0 Å². The van der Waals surface area contributed by atoms with Gasteiger partial charge in [0, 0.05) is 19.5 Å². The molecule has 1 fully saturated rings. The molecular weight excluding hydrogens is 230 g/mol. The van der Waals surface area contributed by atoms with Crippen LogP contribution in [0.5, 0.6) is 11.5 Å². The first-order valence-corrected chi connectivity index (χ1v) is 6.28. The third kappa shape index (κ3) is 2.94. The number of ether oxygens (including phenoxy) is 3. The molecule has 100 valence electrons. The zero-order valence-electron chi connectivity index (χ0n) is 11.3. The molecule has 18 heavy (non-hydrogen) atoms. The van der Waals surface area contributed by atoms with Gasteiger partial charge in [-0.2, -0.15) is 0 Å². The standard InChI is InChI=1S/C14H21NO3/c1-10-6-13(16-2)14(17-3)8-11(10)7-12-9-15-4-5-18-12/h6,8,12,15H,4-5,7,9H2,1-3H3. The number of hydrogen-bond donors (Lipinski definition) is 1. The average Bonchev–Trinajstić information content (AvgIpc) is 2.41.